The van der Waals surface area contributed by atoms with Crippen molar-refractivity contribution in [2.45, 2.75) is 18.8 Å². The molecule has 1 saturated carbocycles. The quantitative estimate of drug-likeness (QED) is 0.682. The van der Waals surface area contributed by atoms with Gasteiger partial charge in [0.25, 0.3) is 0 Å². The van der Waals surface area contributed by atoms with Crippen LogP contribution < -0.4 is 0 Å². The third-order valence-corrected chi connectivity index (χ3v) is 2.22. The Morgan fingerprint density at radius 1 is 1.25 bits per heavy atom. The van der Waals surface area contributed by atoms with Crippen LogP contribution in [0.25, 0.3) is 11.2 Å². The van der Waals surface area contributed by atoms with Crippen LogP contribution in [0.15, 0.2) is 12.7 Å². The van der Waals surface area contributed by atoms with Crippen LogP contribution in [-0.4, -0.2) is 19.9 Å². The highest BCUT2D eigenvalue weighted by molar-refractivity contribution is 5.73. The Hall–Kier alpha value is -1.45. The van der Waals surface area contributed by atoms with Gasteiger partial charge in [0.15, 0.2) is 5.65 Å². The summed E-state index contributed by atoms with van der Waals surface area (Å²) in [7, 11) is 0. The molecule has 0 aromatic carbocycles. The van der Waals surface area contributed by atoms with Gasteiger partial charge in [-0.15, -0.1) is 0 Å². The minimum atomic E-state index is 0.649. The van der Waals surface area contributed by atoms with E-state index in [0.29, 0.717) is 5.92 Å². The van der Waals surface area contributed by atoms with E-state index in [1.165, 1.54) is 12.8 Å². The Balaban J connectivity index is 2.32. The Bertz CT molecular complexity index is 416. The van der Waals surface area contributed by atoms with Gasteiger partial charge in [-0.1, -0.05) is 0 Å². The van der Waals surface area contributed by atoms with Gasteiger partial charge in [-0.3, -0.25) is 0 Å². The van der Waals surface area contributed by atoms with E-state index in [9.17, 15) is 0 Å². The number of nitrogens with zero attached hydrogens (tertiary/aromatic N) is 3. The average molecular weight is 160 g/mol. The van der Waals surface area contributed by atoms with E-state index in [-0.39, 0.29) is 0 Å². The molecular weight excluding hydrogens is 152 g/mol. The summed E-state index contributed by atoms with van der Waals surface area (Å²) in [6, 6.07) is 0. The summed E-state index contributed by atoms with van der Waals surface area (Å²) < 4.78 is 0. The van der Waals surface area contributed by atoms with E-state index >= 15 is 0 Å². The molecule has 4 heteroatoms. The lowest BCUT2D eigenvalue weighted by Gasteiger charge is -1.95. The standard InChI is InChI=1S/C8H8N4/c1-2-5(1)6-7-8(11-3-9-6)12-4-10-7/h3-5H,1-2H2,(H,9,10,11,12). The highest BCUT2D eigenvalue weighted by Crippen LogP contribution is 2.40. The zero-order chi connectivity index (χ0) is 7.97. The fraction of sp³-hybridized carbons (Fsp3) is 0.375. The second-order valence-electron chi connectivity index (χ2n) is 3.13. The lowest BCUT2D eigenvalue weighted by Crippen LogP contribution is -1.89. The molecule has 60 valence electrons. The van der Waals surface area contributed by atoms with Gasteiger partial charge in [-0.2, -0.15) is 0 Å². The van der Waals surface area contributed by atoms with Crippen LogP contribution in [0.2, 0.25) is 0 Å². The first-order valence-corrected chi connectivity index (χ1v) is 4.09. The van der Waals surface area contributed by atoms with Gasteiger partial charge in [0.2, 0.25) is 0 Å². The van der Waals surface area contributed by atoms with Gasteiger partial charge >= 0.3 is 0 Å². The fourth-order valence-electron chi connectivity index (χ4n) is 1.45. The lowest BCUT2D eigenvalue weighted by molar-refractivity contribution is 1.01. The Morgan fingerprint density at radius 2 is 2.17 bits per heavy atom. The molecule has 0 bridgehead atoms. The molecule has 12 heavy (non-hydrogen) atoms. The molecule has 3 rings (SSSR count). The largest absolute Gasteiger partial charge is 0.342 e. The summed E-state index contributed by atoms with van der Waals surface area (Å²) in [5, 5.41) is 0. The third kappa shape index (κ3) is 0.747. The molecule has 2 aromatic rings. The van der Waals surface area contributed by atoms with Gasteiger partial charge in [-0.05, 0) is 12.8 Å². The summed E-state index contributed by atoms with van der Waals surface area (Å²) >= 11 is 0. The molecule has 0 unspecified atom stereocenters. The van der Waals surface area contributed by atoms with Crippen molar-refractivity contribution in [1.29, 1.82) is 0 Å². The minimum absolute atomic E-state index is 0.649. The number of aromatic nitrogens is 4. The first-order chi connectivity index (χ1) is 5.95. The molecular formula is C8H8N4. The maximum absolute atomic E-state index is 4.26. The highest BCUT2D eigenvalue weighted by atomic mass is 15.0. The van der Waals surface area contributed by atoms with Gasteiger partial charge in [0, 0.05) is 5.92 Å². The number of fused-ring (bicyclic) bond motifs is 1. The van der Waals surface area contributed by atoms with Crippen molar-refractivity contribution in [3.63, 3.8) is 0 Å². The maximum atomic E-state index is 4.26. The number of rotatable bonds is 1. The monoisotopic (exact) mass is 160 g/mol. The molecule has 0 spiro atoms. The second kappa shape index (κ2) is 2.03. The predicted octanol–water partition coefficient (Wildman–Crippen LogP) is 1.23. The molecule has 0 amide bonds. The number of hydrogen-bond acceptors (Lipinski definition) is 3. The summed E-state index contributed by atoms with van der Waals surface area (Å²) in [6.07, 6.45) is 5.78. The van der Waals surface area contributed by atoms with Crippen molar-refractivity contribution >= 4 is 11.2 Å². The fourth-order valence-corrected chi connectivity index (χ4v) is 1.45. The molecule has 1 N–H and O–H groups in total. The average Bonchev–Trinajstić information content (AvgIpc) is 2.82. The van der Waals surface area contributed by atoms with Crippen molar-refractivity contribution in [3.05, 3.63) is 18.3 Å². The van der Waals surface area contributed by atoms with Crippen molar-refractivity contribution in [3.8, 4) is 0 Å². The first-order valence-electron chi connectivity index (χ1n) is 4.09. The molecule has 2 aromatic heterocycles. The number of nitrogens with one attached hydrogen (secondary N) is 1. The van der Waals surface area contributed by atoms with Crippen molar-refractivity contribution in [2.75, 3.05) is 0 Å². The molecule has 0 saturated heterocycles. The summed E-state index contributed by atoms with van der Waals surface area (Å²) in [5.74, 6) is 0.649. The first kappa shape index (κ1) is 6.11. The normalized spacial score (nSPS) is 17.0. The zero-order valence-electron chi connectivity index (χ0n) is 6.49. The molecule has 1 aliphatic carbocycles. The topological polar surface area (TPSA) is 54.5 Å². The maximum Gasteiger partial charge on any atom is 0.180 e. The van der Waals surface area contributed by atoms with E-state index < -0.39 is 0 Å². The number of aromatic amines is 1. The van der Waals surface area contributed by atoms with Crippen molar-refractivity contribution in [1.82, 2.24) is 19.9 Å². The van der Waals surface area contributed by atoms with E-state index in [2.05, 4.69) is 19.9 Å². The van der Waals surface area contributed by atoms with Crippen LogP contribution in [0.4, 0.5) is 0 Å². The molecule has 4 nitrogen and oxygen atoms in total. The van der Waals surface area contributed by atoms with Crippen LogP contribution in [0, 0.1) is 0 Å². The molecule has 0 atom stereocenters. The van der Waals surface area contributed by atoms with Crippen LogP contribution in [0.1, 0.15) is 24.5 Å². The zero-order valence-corrected chi connectivity index (χ0v) is 6.49. The Labute approximate surface area is 69.1 Å². The molecule has 1 fully saturated rings. The van der Waals surface area contributed by atoms with E-state index in [0.717, 1.165) is 16.9 Å². The molecule has 0 radical (unpaired) electrons. The van der Waals surface area contributed by atoms with Gasteiger partial charge in [0.1, 0.15) is 11.8 Å². The Morgan fingerprint density at radius 3 is 3.00 bits per heavy atom. The van der Waals surface area contributed by atoms with Gasteiger partial charge in [0.05, 0.1) is 12.0 Å². The number of H-pyrrole nitrogens is 1. The minimum Gasteiger partial charge on any atom is -0.342 e. The predicted molar refractivity (Wildman–Crippen MR) is 43.7 cm³/mol. The Kier molecular flexibility index (Phi) is 1.03. The second-order valence-corrected chi connectivity index (χ2v) is 3.13. The van der Waals surface area contributed by atoms with E-state index in [4.69, 9.17) is 0 Å². The number of hydrogen-bond donors (Lipinski definition) is 1. The molecule has 2 heterocycles. The van der Waals surface area contributed by atoms with Crippen molar-refractivity contribution < 1.29 is 0 Å². The number of imidazole rings is 1. The van der Waals surface area contributed by atoms with Crippen LogP contribution >= 0.6 is 0 Å². The van der Waals surface area contributed by atoms with E-state index in [1.807, 2.05) is 0 Å². The van der Waals surface area contributed by atoms with Crippen LogP contribution in [0.3, 0.4) is 0 Å². The van der Waals surface area contributed by atoms with Gasteiger partial charge < -0.3 is 4.98 Å². The lowest BCUT2D eigenvalue weighted by atomic mass is 10.2. The van der Waals surface area contributed by atoms with Crippen LogP contribution in [-0.2, 0) is 0 Å². The third-order valence-electron chi connectivity index (χ3n) is 2.22. The SMILES string of the molecule is c1nc(C2CC2)c2[nH]cnc2n1. The highest BCUT2D eigenvalue weighted by Gasteiger charge is 2.27. The summed E-state index contributed by atoms with van der Waals surface area (Å²) in [4.78, 5) is 15.5. The van der Waals surface area contributed by atoms with Gasteiger partial charge in [-0.25, -0.2) is 15.0 Å². The van der Waals surface area contributed by atoms with Crippen molar-refractivity contribution in [2.24, 2.45) is 0 Å². The van der Waals surface area contributed by atoms with E-state index in [1.54, 1.807) is 12.7 Å². The molecule has 1 aliphatic rings. The smallest absolute Gasteiger partial charge is 0.180 e. The summed E-state index contributed by atoms with van der Waals surface area (Å²) in [5.41, 5.74) is 2.93. The van der Waals surface area contributed by atoms with Crippen LogP contribution in [0.5, 0.6) is 0 Å². The molecule has 0 aliphatic heterocycles. The summed E-state index contributed by atoms with van der Waals surface area (Å²) in [6.45, 7) is 0.